The van der Waals surface area contributed by atoms with Gasteiger partial charge in [-0.15, -0.1) is 11.3 Å². The highest BCUT2D eigenvalue weighted by atomic mass is 35.5. The lowest BCUT2D eigenvalue weighted by molar-refractivity contribution is 0.0815. The standard InChI is InChI=1S/C15H13ClFNO2S/c1-15(2)4-3-10-12(13(15)20)21-14(18-10)7-5-8(16)11(19)9(17)6-7/h5-6,19H,3-4H2,1-2H3. The van der Waals surface area contributed by atoms with E-state index in [1.165, 1.54) is 23.5 Å². The number of halogens is 2. The molecule has 0 saturated heterocycles. The molecule has 0 atom stereocenters. The molecule has 0 spiro atoms. The number of carbonyl (C=O) groups excluding carboxylic acids is 1. The number of carbonyl (C=O) groups is 1. The van der Waals surface area contributed by atoms with Crippen LogP contribution in [0.1, 0.15) is 35.6 Å². The predicted molar refractivity (Wildman–Crippen MR) is 80.6 cm³/mol. The van der Waals surface area contributed by atoms with Gasteiger partial charge < -0.3 is 5.11 Å². The number of aryl methyl sites for hydroxylation is 1. The van der Waals surface area contributed by atoms with E-state index in [9.17, 15) is 14.3 Å². The second-order valence-electron chi connectivity index (χ2n) is 5.80. The zero-order valence-electron chi connectivity index (χ0n) is 11.5. The molecule has 0 unspecified atom stereocenters. The number of aromatic hydroxyl groups is 1. The fourth-order valence-corrected chi connectivity index (χ4v) is 3.79. The Morgan fingerprint density at radius 3 is 2.81 bits per heavy atom. The van der Waals surface area contributed by atoms with Crippen molar-refractivity contribution in [1.82, 2.24) is 4.98 Å². The number of benzene rings is 1. The molecule has 110 valence electrons. The zero-order chi connectivity index (χ0) is 15.4. The minimum Gasteiger partial charge on any atom is -0.504 e. The van der Waals surface area contributed by atoms with Crippen LogP contribution in [0.5, 0.6) is 5.75 Å². The smallest absolute Gasteiger partial charge is 0.180 e. The Bertz CT molecular complexity index is 731. The highest BCUT2D eigenvalue weighted by Crippen LogP contribution is 2.41. The Morgan fingerprint density at radius 1 is 1.43 bits per heavy atom. The van der Waals surface area contributed by atoms with E-state index in [1.807, 2.05) is 13.8 Å². The molecule has 6 heteroatoms. The third kappa shape index (κ3) is 2.34. The van der Waals surface area contributed by atoms with Crippen molar-refractivity contribution in [2.45, 2.75) is 26.7 Å². The highest BCUT2D eigenvalue weighted by Gasteiger charge is 2.36. The Morgan fingerprint density at radius 2 is 2.14 bits per heavy atom. The van der Waals surface area contributed by atoms with Crippen LogP contribution in [0, 0.1) is 11.2 Å². The average Bonchev–Trinajstić information content (AvgIpc) is 2.85. The summed E-state index contributed by atoms with van der Waals surface area (Å²) in [7, 11) is 0. The Labute approximate surface area is 130 Å². The minimum absolute atomic E-state index is 0.0650. The summed E-state index contributed by atoms with van der Waals surface area (Å²) in [5.74, 6) is -1.28. The maximum Gasteiger partial charge on any atom is 0.180 e. The van der Waals surface area contributed by atoms with Gasteiger partial charge in [0, 0.05) is 11.0 Å². The number of aromatic nitrogens is 1. The SMILES string of the molecule is CC1(C)CCc2nc(-c3cc(F)c(O)c(Cl)c3)sc2C1=O. The second-order valence-corrected chi connectivity index (χ2v) is 7.20. The van der Waals surface area contributed by atoms with E-state index < -0.39 is 11.6 Å². The van der Waals surface area contributed by atoms with Crippen LogP contribution in [0.2, 0.25) is 5.02 Å². The van der Waals surface area contributed by atoms with Crippen molar-refractivity contribution in [2.24, 2.45) is 5.41 Å². The van der Waals surface area contributed by atoms with Gasteiger partial charge >= 0.3 is 0 Å². The van der Waals surface area contributed by atoms with Gasteiger partial charge in [0.1, 0.15) is 5.01 Å². The minimum atomic E-state index is -0.794. The van der Waals surface area contributed by atoms with E-state index in [0.29, 0.717) is 15.4 Å². The molecule has 21 heavy (non-hydrogen) atoms. The van der Waals surface area contributed by atoms with Gasteiger partial charge in [0.2, 0.25) is 0 Å². The van der Waals surface area contributed by atoms with Crippen molar-refractivity contribution < 1.29 is 14.3 Å². The number of thiazole rings is 1. The number of phenols is 1. The van der Waals surface area contributed by atoms with Gasteiger partial charge in [0.25, 0.3) is 0 Å². The molecule has 3 rings (SSSR count). The zero-order valence-corrected chi connectivity index (χ0v) is 13.1. The summed E-state index contributed by atoms with van der Waals surface area (Å²) in [5, 5.41) is 9.86. The Hall–Kier alpha value is -1.46. The van der Waals surface area contributed by atoms with Gasteiger partial charge in [-0.05, 0) is 25.0 Å². The topological polar surface area (TPSA) is 50.2 Å². The average molecular weight is 326 g/mol. The maximum absolute atomic E-state index is 13.6. The number of nitrogens with zero attached hydrogens (tertiary/aromatic N) is 1. The fraction of sp³-hybridized carbons (Fsp3) is 0.333. The third-order valence-electron chi connectivity index (χ3n) is 3.77. The van der Waals surface area contributed by atoms with Crippen molar-refractivity contribution in [3.63, 3.8) is 0 Å². The normalized spacial score (nSPS) is 16.9. The first kappa shape index (κ1) is 14.5. The molecule has 0 aliphatic heterocycles. The summed E-state index contributed by atoms with van der Waals surface area (Å²) in [5.41, 5.74) is 0.860. The molecule has 1 aliphatic carbocycles. The summed E-state index contributed by atoms with van der Waals surface area (Å²) < 4.78 is 13.6. The molecule has 1 aromatic heterocycles. The van der Waals surface area contributed by atoms with E-state index in [0.717, 1.165) is 18.5 Å². The second kappa shape index (κ2) is 4.78. The first-order valence-corrected chi connectivity index (χ1v) is 7.72. The van der Waals surface area contributed by atoms with E-state index >= 15 is 0 Å². The summed E-state index contributed by atoms with van der Waals surface area (Å²) in [6.45, 7) is 3.85. The monoisotopic (exact) mass is 325 g/mol. The van der Waals surface area contributed by atoms with Crippen LogP contribution in [-0.2, 0) is 6.42 Å². The molecule has 2 aromatic rings. The van der Waals surface area contributed by atoms with Crippen LogP contribution in [0.15, 0.2) is 12.1 Å². The number of phenolic OH excluding ortho intramolecular Hbond substituents is 1. The quantitative estimate of drug-likeness (QED) is 0.842. The summed E-state index contributed by atoms with van der Waals surface area (Å²) >= 11 is 7.04. The van der Waals surface area contributed by atoms with Crippen LogP contribution in [0.4, 0.5) is 4.39 Å². The first-order valence-electron chi connectivity index (χ1n) is 6.52. The number of hydrogen-bond donors (Lipinski definition) is 1. The molecule has 1 aromatic carbocycles. The lowest BCUT2D eigenvalue weighted by Crippen LogP contribution is -2.29. The van der Waals surface area contributed by atoms with E-state index in [2.05, 4.69) is 4.98 Å². The molecule has 3 nitrogen and oxygen atoms in total. The lowest BCUT2D eigenvalue weighted by Gasteiger charge is -2.26. The predicted octanol–water partition coefficient (Wildman–Crippen LogP) is 4.46. The number of hydrogen-bond acceptors (Lipinski definition) is 4. The summed E-state index contributed by atoms with van der Waals surface area (Å²) in [6, 6.07) is 2.64. The van der Waals surface area contributed by atoms with Crippen LogP contribution in [0.25, 0.3) is 10.6 Å². The van der Waals surface area contributed by atoms with Crippen molar-refractivity contribution >= 4 is 28.7 Å². The van der Waals surface area contributed by atoms with Gasteiger partial charge in [0.05, 0.1) is 15.6 Å². The lowest BCUT2D eigenvalue weighted by atomic mass is 9.78. The van der Waals surface area contributed by atoms with Crippen molar-refractivity contribution in [2.75, 3.05) is 0 Å². The maximum atomic E-state index is 13.6. The van der Waals surface area contributed by atoms with Crippen LogP contribution < -0.4 is 0 Å². The van der Waals surface area contributed by atoms with Crippen molar-refractivity contribution in [3.05, 3.63) is 33.5 Å². The molecule has 0 fully saturated rings. The fourth-order valence-electron chi connectivity index (χ4n) is 2.36. The van der Waals surface area contributed by atoms with Gasteiger partial charge in [0.15, 0.2) is 17.3 Å². The van der Waals surface area contributed by atoms with Gasteiger partial charge in [-0.3, -0.25) is 4.79 Å². The molecular weight excluding hydrogens is 313 g/mol. The van der Waals surface area contributed by atoms with E-state index in [4.69, 9.17) is 11.6 Å². The molecule has 0 bridgehead atoms. The van der Waals surface area contributed by atoms with E-state index in [-0.39, 0.29) is 16.2 Å². The highest BCUT2D eigenvalue weighted by molar-refractivity contribution is 7.17. The van der Waals surface area contributed by atoms with Crippen molar-refractivity contribution in [3.8, 4) is 16.3 Å². The Kier molecular flexibility index (Phi) is 3.30. The van der Waals surface area contributed by atoms with Gasteiger partial charge in [-0.25, -0.2) is 9.37 Å². The third-order valence-corrected chi connectivity index (χ3v) is 5.20. The summed E-state index contributed by atoms with van der Waals surface area (Å²) in [4.78, 5) is 17.5. The van der Waals surface area contributed by atoms with Crippen LogP contribution in [-0.4, -0.2) is 15.9 Å². The summed E-state index contributed by atoms with van der Waals surface area (Å²) in [6.07, 6.45) is 1.49. The largest absolute Gasteiger partial charge is 0.504 e. The molecule has 0 saturated carbocycles. The number of ketones is 1. The number of rotatable bonds is 1. The molecule has 0 radical (unpaired) electrons. The van der Waals surface area contributed by atoms with E-state index in [1.54, 1.807) is 0 Å². The molecule has 0 amide bonds. The van der Waals surface area contributed by atoms with Crippen LogP contribution in [0.3, 0.4) is 0 Å². The van der Waals surface area contributed by atoms with Crippen molar-refractivity contribution in [1.29, 1.82) is 0 Å². The Balaban J connectivity index is 2.09. The molecule has 1 aliphatic rings. The van der Waals surface area contributed by atoms with Crippen LogP contribution >= 0.6 is 22.9 Å². The molecular formula is C15H13ClFNO2S. The number of Topliss-reactive ketones (excluding diaryl/α,β-unsaturated/α-hetero) is 1. The molecule has 1 N–H and O–H groups in total. The number of fused-ring (bicyclic) bond motifs is 1. The van der Waals surface area contributed by atoms with Gasteiger partial charge in [-0.2, -0.15) is 0 Å². The molecule has 1 heterocycles. The first-order chi connectivity index (χ1) is 9.79. The van der Waals surface area contributed by atoms with Gasteiger partial charge in [-0.1, -0.05) is 25.4 Å².